The number of rotatable bonds is 4. The maximum atomic E-state index is 12.2. The zero-order valence-corrected chi connectivity index (χ0v) is 13.3. The van der Waals surface area contributed by atoms with Gasteiger partial charge in [0.2, 0.25) is 10.0 Å². The molecule has 0 atom stereocenters. The molecule has 0 aliphatic carbocycles. The van der Waals surface area contributed by atoms with E-state index in [0.717, 1.165) is 11.3 Å². The van der Waals surface area contributed by atoms with Crippen LogP contribution in [0.5, 0.6) is 0 Å². The van der Waals surface area contributed by atoms with Crippen LogP contribution in [0.3, 0.4) is 0 Å². The molecule has 0 unspecified atom stereocenters. The highest BCUT2D eigenvalue weighted by atomic mass is 35.5. The second kappa shape index (κ2) is 5.68. The molecule has 8 heteroatoms. The molecule has 0 spiro atoms. The van der Waals surface area contributed by atoms with Crippen LogP contribution in [-0.4, -0.2) is 22.8 Å². The van der Waals surface area contributed by atoms with E-state index in [9.17, 15) is 8.42 Å². The van der Waals surface area contributed by atoms with Crippen LogP contribution in [0.1, 0.15) is 11.4 Å². The fraction of sp³-hybridized carbons (Fsp3) is 0.143. The maximum absolute atomic E-state index is 12.2. The summed E-state index contributed by atoms with van der Waals surface area (Å²) in [5.41, 5.74) is 2.43. The Labute approximate surface area is 132 Å². The van der Waals surface area contributed by atoms with Gasteiger partial charge in [0, 0.05) is 24.3 Å². The van der Waals surface area contributed by atoms with Gasteiger partial charge in [-0.1, -0.05) is 17.7 Å². The summed E-state index contributed by atoms with van der Waals surface area (Å²) in [5.74, 6) is 0. The van der Waals surface area contributed by atoms with Gasteiger partial charge in [-0.05, 0) is 25.1 Å². The zero-order chi connectivity index (χ0) is 15.7. The molecule has 0 aliphatic heterocycles. The predicted molar refractivity (Wildman–Crippen MR) is 83.2 cm³/mol. The number of nitrogens with one attached hydrogen (secondary N) is 1. The Morgan fingerprint density at radius 2 is 2.14 bits per heavy atom. The number of imidazole rings is 1. The second-order valence-electron chi connectivity index (χ2n) is 4.79. The Balaban J connectivity index is 1.82. The van der Waals surface area contributed by atoms with Gasteiger partial charge in [0.25, 0.3) is 0 Å². The third kappa shape index (κ3) is 2.96. The minimum Gasteiger partial charge on any atom is -0.304 e. The van der Waals surface area contributed by atoms with Crippen molar-refractivity contribution < 1.29 is 8.42 Å². The molecule has 0 radical (unpaired) electrons. The molecule has 22 heavy (non-hydrogen) atoms. The third-order valence-electron chi connectivity index (χ3n) is 3.18. The molecule has 3 aromatic rings. The molecule has 0 aliphatic rings. The molecule has 0 saturated heterocycles. The summed E-state index contributed by atoms with van der Waals surface area (Å²) in [6.07, 6.45) is 4.44. The maximum Gasteiger partial charge on any atom is 0.242 e. The van der Waals surface area contributed by atoms with Crippen molar-refractivity contribution in [2.75, 3.05) is 0 Å². The van der Waals surface area contributed by atoms with E-state index in [-0.39, 0.29) is 16.5 Å². The SMILES string of the molecule is Cc1cccc2nc(CNS(=O)(=O)c3cncc(Cl)c3)cn12. The van der Waals surface area contributed by atoms with Crippen molar-refractivity contribution in [1.82, 2.24) is 19.1 Å². The summed E-state index contributed by atoms with van der Waals surface area (Å²) >= 11 is 5.77. The van der Waals surface area contributed by atoms with E-state index >= 15 is 0 Å². The van der Waals surface area contributed by atoms with Gasteiger partial charge in [0.05, 0.1) is 17.3 Å². The monoisotopic (exact) mass is 336 g/mol. The van der Waals surface area contributed by atoms with Gasteiger partial charge >= 0.3 is 0 Å². The van der Waals surface area contributed by atoms with E-state index < -0.39 is 10.0 Å². The number of nitrogens with zero attached hydrogens (tertiary/aromatic N) is 3. The number of sulfonamides is 1. The number of fused-ring (bicyclic) bond motifs is 1. The van der Waals surface area contributed by atoms with Crippen LogP contribution in [-0.2, 0) is 16.6 Å². The fourth-order valence-corrected chi connectivity index (χ4v) is 3.30. The molecule has 0 saturated carbocycles. The molecule has 0 amide bonds. The summed E-state index contributed by atoms with van der Waals surface area (Å²) in [4.78, 5) is 8.19. The van der Waals surface area contributed by atoms with Gasteiger partial charge < -0.3 is 4.40 Å². The minimum atomic E-state index is -3.67. The van der Waals surface area contributed by atoms with E-state index in [1.165, 1.54) is 18.5 Å². The van der Waals surface area contributed by atoms with E-state index in [1.807, 2.05) is 35.7 Å². The summed E-state index contributed by atoms with van der Waals surface area (Å²) in [6, 6.07) is 7.08. The minimum absolute atomic E-state index is 0.0277. The zero-order valence-electron chi connectivity index (χ0n) is 11.7. The van der Waals surface area contributed by atoms with Crippen LogP contribution in [0.2, 0.25) is 5.02 Å². The van der Waals surface area contributed by atoms with E-state index in [2.05, 4.69) is 14.7 Å². The third-order valence-corrected chi connectivity index (χ3v) is 4.75. The topological polar surface area (TPSA) is 76.4 Å². The molecule has 0 aromatic carbocycles. The molecule has 0 bridgehead atoms. The Bertz CT molecular complexity index is 937. The number of aryl methyl sites for hydroxylation is 1. The van der Waals surface area contributed by atoms with Crippen molar-refractivity contribution in [3.05, 3.63) is 59.3 Å². The number of aromatic nitrogens is 3. The van der Waals surface area contributed by atoms with E-state index in [1.54, 1.807) is 0 Å². The lowest BCUT2D eigenvalue weighted by Crippen LogP contribution is -2.23. The van der Waals surface area contributed by atoms with Crippen LogP contribution in [0.4, 0.5) is 0 Å². The van der Waals surface area contributed by atoms with Crippen molar-refractivity contribution in [2.24, 2.45) is 0 Å². The lowest BCUT2D eigenvalue weighted by atomic mass is 10.4. The molecule has 114 valence electrons. The van der Waals surface area contributed by atoms with E-state index in [0.29, 0.717) is 5.69 Å². The van der Waals surface area contributed by atoms with E-state index in [4.69, 9.17) is 11.6 Å². The average molecular weight is 337 g/mol. The van der Waals surface area contributed by atoms with Crippen LogP contribution in [0, 0.1) is 6.92 Å². The Morgan fingerprint density at radius 3 is 2.86 bits per heavy atom. The molecule has 6 nitrogen and oxygen atoms in total. The smallest absolute Gasteiger partial charge is 0.242 e. The predicted octanol–water partition coefficient (Wildman–Crippen LogP) is 2.17. The normalized spacial score (nSPS) is 11.9. The van der Waals surface area contributed by atoms with Crippen molar-refractivity contribution in [3.8, 4) is 0 Å². The van der Waals surface area contributed by atoms with Gasteiger partial charge in [0.1, 0.15) is 10.5 Å². The largest absolute Gasteiger partial charge is 0.304 e. The standard InChI is InChI=1S/C14H13ClN4O2S/c1-10-3-2-4-14-18-12(9-19(10)14)7-17-22(20,21)13-5-11(15)6-16-8-13/h2-6,8-9,17H,7H2,1H3. The van der Waals surface area contributed by atoms with Crippen molar-refractivity contribution in [3.63, 3.8) is 0 Å². The summed E-state index contributed by atoms with van der Waals surface area (Å²) in [6.45, 7) is 2.05. The van der Waals surface area contributed by atoms with Gasteiger partial charge in [-0.15, -0.1) is 0 Å². The summed E-state index contributed by atoms with van der Waals surface area (Å²) < 4.78 is 28.8. The van der Waals surface area contributed by atoms with Crippen LogP contribution in [0.15, 0.2) is 47.8 Å². The van der Waals surface area contributed by atoms with Gasteiger partial charge in [-0.25, -0.2) is 18.1 Å². The fourth-order valence-electron chi connectivity index (χ4n) is 2.08. The van der Waals surface area contributed by atoms with Crippen molar-refractivity contribution in [2.45, 2.75) is 18.4 Å². The first-order valence-corrected chi connectivity index (χ1v) is 8.36. The number of hydrogen-bond acceptors (Lipinski definition) is 4. The molecule has 3 rings (SSSR count). The first kappa shape index (κ1) is 15.0. The van der Waals surface area contributed by atoms with Crippen LogP contribution < -0.4 is 4.72 Å². The molecule has 3 aromatic heterocycles. The average Bonchev–Trinajstić information content (AvgIpc) is 2.90. The first-order valence-electron chi connectivity index (χ1n) is 6.49. The highest BCUT2D eigenvalue weighted by Gasteiger charge is 2.15. The van der Waals surface area contributed by atoms with Crippen molar-refractivity contribution in [1.29, 1.82) is 0 Å². The molecule has 1 N–H and O–H groups in total. The van der Waals surface area contributed by atoms with Gasteiger partial charge in [0.15, 0.2) is 0 Å². The van der Waals surface area contributed by atoms with Crippen LogP contribution >= 0.6 is 11.6 Å². The quantitative estimate of drug-likeness (QED) is 0.792. The highest BCUT2D eigenvalue weighted by Crippen LogP contribution is 2.14. The molecule has 3 heterocycles. The van der Waals surface area contributed by atoms with Gasteiger partial charge in [-0.2, -0.15) is 0 Å². The van der Waals surface area contributed by atoms with Gasteiger partial charge in [-0.3, -0.25) is 4.98 Å². The molecular weight excluding hydrogens is 324 g/mol. The lowest BCUT2D eigenvalue weighted by molar-refractivity contribution is 0.580. The Morgan fingerprint density at radius 1 is 1.32 bits per heavy atom. The Kier molecular flexibility index (Phi) is 3.86. The Hall–Kier alpha value is -1.96. The number of hydrogen-bond donors (Lipinski definition) is 1. The summed E-state index contributed by atoms with van der Waals surface area (Å²) in [7, 11) is -3.67. The number of halogens is 1. The second-order valence-corrected chi connectivity index (χ2v) is 6.99. The molecule has 0 fully saturated rings. The number of pyridine rings is 2. The van der Waals surface area contributed by atoms with Crippen molar-refractivity contribution >= 4 is 27.3 Å². The first-order chi connectivity index (χ1) is 10.5. The van der Waals surface area contributed by atoms with Crippen LogP contribution in [0.25, 0.3) is 5.65 Å². The highest BCUT2D eigenvalue weighted by molar-refractivity contribution is 7.89. The lowest BCUT2D eigenvalue weighted by Gasteiger charge is -2.04. The summed E-state index contributed by atoms with van der Waals surface area (Å²) in [5, 5.41) is 0.270. The molecular formula is C14H13ClN4O2S.